The van der Waals surface area contributed by atoms with Gasteiger partial charge in [0.05, 0.1) is 6.10 Å². The van der Waals surface area contributed by atoms with Crippen LogP contribution in [-0.4, -0.2) is 38.7 Å². The van der Waals surface area contributed by atoms with Gasteiger partial charge in [0.15, 0.2) is 11.6 Å². The van der Waals surface area contributed by atoms with Gasteiger partial charge in [0.25, 0.3) is 8.32 Å². The number of ether oxygens (including phenoxy) is 2. The lowest BCUT2D eigenvalue weighted by Gasteiger charge is -2.43. The SMILES string of the molecule is CC1(C)O[C@@H]2[C@H](CO[Si](c3ccccc3)(c3ccccc3)C(C)(C)C)CC(=O)[C@@H]2O1. The minimum Gasteiger partial charge on any atom is -0.407 e. The van der Waals surface area contributed by atoms with E-state index in [4.69, 9.17) is 13.9 Å². The molecule has 0 amide bonds. The molecule has 1 saturated carbocycles. The molecule has 1 saturated heterocycles. The Morgan fingerprint density at radius 2 is 1.50 bits per heavy atom. The Morgan fingerprint density at radius 1 is 0.967 bits per heavy atom. The summed E-state index contributed by atoms with van der Waals surface area (Å²) in [6.45, 7) is 11.0. The zero-order valence-corrected chi connectivity index (χ0v) is 19.6. The van der Waals surface area contributed by atoms with Crippen LogP contribution >= 0.6 is 0 Å². The summed E-state index contributed by atoms with van der Waals surface area (Å²) >= 11 is 0. The van der Waals surface area contributed by atoms with Crippen molar-refractivity contribution in [1.82, 2.24) is 0 Å². The highest BCUT2D eigenvalue weighted by Crippen LogP contribution is 2.42. The van der Waals surface area contributed by atoms with E-state index in [0.29, 0.717) is 13.0 Å². The molecule has 5 heteroatoms. The summed E-state index contributed by atoms with van der Waals surface area (Å²) in [5.41, 5.74) is 0. The van der Waals surface area contributed by atoms with Crippen LogP contribution in [0.15, 0.2) is 60.7 Å². The van der Waals surface area contributed by atoms with Crippen LogP contribution in [0.25, 0.3) is 0 Å². The molecule has 1 aliphatic heterocycles. The van der Waals surface area contributed by atoms with E-state index in [-0.39, 0.29) is 22.8 Å². The number of Topliss-reactive ketones (excluding diaryl/α,β-unsaturated/α-hetero) is 1. The molecular formula is C25H32O4Si. The van der Waals surface area contributed by atoms with Crippen molar-refractivity contribution in [3.05, 3.63) is 60.7 Å². The molecule has 0 radical (unpaired) electrons. The number of hydrogen-bond donors (Lipinski definition) is 0. The molecule has 0 unspecified atom stereocenters. The van der Waals surface area contributed by atoms with Crippen molar-refractivity contribution in [2.45, 2.75) is 64.1 Å². The van der Waals surface area contributed by atoms with Gasteiger partial charge in [-0.2, -0.15) is 0 Å². The van der Waals surface area contributed by atoms with Crippen LogP contribution < -0.4 is 10.4 Å². The molecule has 160 valence electrons. The molecule has 4 nitrogen and oxygen atoms in total. The second-order valence-corrected chi connectivity index (χ2v) is 14.2. The van der Waals surface area contributed by atoms with Gasteiger partial charge in [-0.05, 0) is 29.3 Å². The van der Waals surface area contributed by atoms with Gasteiger partial charge in [-0.3, -0.25) is 4.79 Å². The monoisotopic (exact) mass is 424 g/mol. The Balaban J connectivity index is 1.70. The van der Waals surface area contributed by atoms with Gasteiger partial charge in [-0.15, -0.1) is 0 Å². The molecule has 1 aliphatic carbocycles. The van der Waals surface area contributed by atoms with Gasteiger partial charge in [0, 0.05) is 18.9 Å². The fourth-order valence-corrected chi connectivity index (χ4v) is 9.64. The van der Waals surface area contributed by atoms with Crippen molar-refractivity contribution in [2.75, 3.05) is 6.61 Å². The molecule has 2 aliphatic rings. The fraction of sp³-hybridized carbons (Fsp3) is 0.480. The first-order chi connectivity index (χ1) is 14.1. The van der Waals surface area contributed by atoms with Crippen molar-refractivity contribution in [3.63, 3.8) is 0 Å². The van der Waals surface area contributed by atoms with Crippen molar-refractivity contribution in [2.24, 2.45) is 5.92 Å². The molecule has 3 atom stereocenters. The number of ketones is 1. The van der Waals surface area contributed by atoms with Crippen molar-refractivity contribution >= 4 is 24.5 Å². The molecule has 0 aromatic heterocycles. The Morgan fingerprint density at radius 3 is 2.00 bits per heavy atom. The average Bonchev–Trinajstić information content (AvgIpc) is 3.17. The number of carbonyl (C=O) groups excluding carboxylic acids is 1. The Labute approximate surface area is 180 Å². The van der Waals surface area contributed by atoms with Crippen molar-refractivity contribution < 1.29 is 18.7 Å². The van der Waals surface area contributed by atoms with E-state index in [1.54, 1.807) is 0 Å². The Kier molecular flexibility index (Phi) is 5.52. The normalized spacial score (nSPS) is 26.0. The van der Waals surface area contributed by atoms with Crippen LogP contribution in [0.2, 0.25) is 5.04 Å². The van der Waals surface area contributed by atoms with Crippen LogP contribution in [0.5, 0.6) is 0 Å². The predicted molar refractivity (Wildman–Crippen MR) is 121 cm³/mol. The molecule has 4 rings (SSSR count). The number of hydrogen-bond acceptors (Lipinski definition) is 4. The largest absolute Gasteiger partial charge is 0.407 e. The lowest BCUT2D eigenvalue weighted by atomic mass is 10.1. The van der Waals surface area contributed by atoms with Crippen LogP contribution in [0.1, 0.15) is 41.0 Å². The fourth-order valence-electron chi connectivity index (χ4n) is 5.02. The summed E-state index contributed by atoms with van der Waals surface area (Å²) in [6, 6.07) is 21.2. The second kappa shape index (κ2) is 7.72. The topological polar surface area (TPSA) is 44.8 Å². The summed E-state index contributed by atoms with van der Waals surface area (Å²) in [5, 5.41) is 2.39. The predicted octanol–water partition coefficient (Wildman–Crippen LogP) is 3.67. The highest BCUT2D eigenvalue weighted by molar-refractivity contribution is 6.99. The van der Waals surface area contributed by atoms with Crippen molar-refractivity contribution in [3.8, 4) is 0 Å². The van der Waals surface area contributed by atoms with Crippen molar-refractivity contribution in [1.29, 1.82) is 0 Å². The molecule has 0 N–H and O–H groups in total. The van der Waals surface area contributed by atoms with Crippen LogP contribution in [0, 0.1) is 5.92 Å². The van der Waals surface area contributed by atoms with Gasteiger partial charge >= 0.3 is 0 Å². The molecule has 30 heavy (non-hydrogen) atoms. The van der Waals surface area contributed by atoms with Gasteiger partial charge < -0.3 is 13.9 Å². The summed E-state index contributed by atoms with van der Waals surface area (Å²) in [4.78, 5) is 12.6. The van der Waals surface area contributed by atoms with E-state index < -0.39 is 20.2 Å². The lowest BCUT2D eigenvalue weighted by molar-refractivity contribution is -0.163. The maximum Gasteiger partial charge on any atom is 0.261 e. The Hall–Kier alpha value is -1.79. The van der Waals surface area contributed by atoms with E-state index in [1.165, 1.54) is 10.4 Å². The average molecular weight is 425 g/mol. The van der Waals surface area contributed by atoms with Gasteiger partial charge in [0.2, 0.25) is 0 Å². The first-order valence-corrected chi connectivity index (χ1v) is 12.7. The molecule has 0 bridgehead atoms. The summed E-state index contributed by atoms with van der Waals surface area (Å²) in [5.74, 6) is -0.589. The standard InChI is InChI=1S/C25H32O4Si/c1-24(2,3)30(19-12-8-6-9-13-19,20-14-10-7-11-15-20)27-17-18-16-21(26)23-22(18)28-25(4,5)29-23/h6-15,18,22-23H,16-17H2,1-5H3/t18-,22+,23-/m0/s1. The van der Waals surface area contributed by atoms with Gasteiger partial charge in [-0.25, -0.2) is 0 Å². The van der Waals surface area contributed by atoms with Crippen LogP contribution in [-0.2, 0) is 18.7 Å². The lowest BCUT2D eigenvalue weighted by Crippen LogP contribution is -2.67. The summed E-state index contributed by atoms with van der Waals surface area (Å²) < 4.78 is 19.0. The minimum atomic E-state index is -2.63. The molecule has 2 aromatic carbocycles. The van der Waals surface area contributed by atoms with Crippen LogP contribution in [0.3, 0.4) is 0 Å². The third kappa shape index (κ3) is 3.69. The quantitative estimate of drug-likeness (QED) is 0.687. The van der Waals surface area contributed by atoms with E-state index in [9.17, 15) is 4.79 Å². The zero-order valence-electron chi connectivity index (χ0n) is 18.6. The number of rotatable bonds is 5. The smallest absolute Gasteiger partial charge is 0.261 e. The summed E-state index contributed by atoms with van der Waals surface area (Å²) in [6.07, 6.45) is -0.248. The third-order valence-corrected chi connectivity index (χ3v) is 11.3. The van der Waals surface area contributed by atoms with Crippen LogP contribution in [0.4, 0.5) is 0 Å². The van der Waals surface area contributed by atoms with E-state index in [0.717, 1.165) is 0 Å². The van der Waals surface area contributed by atoms with E-state index in [1.807, 2.05) is 26.0 Å². The second-order valence-electron chi connectivity index (χ2n) is 9.93. The maximum absolute atomic E-state index is 12.6. The molecular weight excluding hydrogens is 392 g/mol. The number of fused-ring (bicyclic) bond motifs is 1. The minimum absolute atomic E-state index is 0.00549. The summed E-state index contributed by atoms with van der Waals surface area (Å²) in [7, 11) is -2.63. The highest BCUT2D eigenvalue weighted by atomic mass is 28.4. The van der Waals surface area contributed by atoms with Gasteiger partial charge in [-0.1, -0.05) is 81.4 Å². The first-order valence-electron chi connectivity index (χ1n) is 10.8. The van der Waals surface area contributed by atoms with Gasteiger partial charge in [0.1, 0.15) is 6.10 Å². The van der Waals surface area contributed by atoms with E-state index >= 15 is 0 Å². The first kappa shape index (κ1) is 21.4. The molecule has 1 heterocycles. The number of carbonyl (C=O) groups is 1. The Bertz CT molecular complexity index is 849. The zero-order chi connectivity index (χ0) is 21.6. The highest BCUT2D eigenvalue weighted by Gasteiger charge is 2.56. The third-order valence-electron chi connectivity index (χ3n) is 6.31. The molecule has 0 spiro atoms. The molecule has 2 fully saturated rings. The maximum atomic E-state index is 12.6. The molecule has 2 aromatic rings. The van der Waals surface area contributed by atoms with E-state index in [2.05, 4.69) is 69.3 Å². The number of benzene rings is 2.